The summed E-state index contributed by atoms with van der Waals surface area (Å²) in [5.41, 5.74) is 1.85. The van der Waals surface area contributed by atoms with Gasteiger partial charge >= 0.3 is 0 Å². The van der Waals surface area contributed by atoms with Crippen LogP contribution in [0.4, 0.5) is 0 Å². The molecule has 0 aliphatic carbocycles. The Morgan fingerprint density at radius 1 is 1.12 bits per heavy atom. The minimum Gasteiger partial charge on any atom is -0.316 e. The minimum atomic E-state index is 0.409. The first-order valence-electron chi connectivity index (χ1n) is 6.75. The molecule has 0 heterocycles. The Balaban J connectivity index is 2.09. The standard InChI is InChI=1S/C16H27N/c1-14(16(2,3)4)13-17-12-8-11-15-9-6-5-7-10-15/h5-7,9-10,14,17H,8,11-13H2,1-4H3. The van der Waals surface area contributed by atoms with Crippen LogP contribution in [0.15, 0.2) is 30.3 Å². The number of hydrogen-bond donors (Lipinski definition) is 1. The molecule has 0 aliphatic rings. The lowest BCUT2D eigenvalue weighted by Crippen LogP contribution is -2.30. The van der Waals surface area contributed by atoms with Gasteiger partial charge in [-0.05, 0) is 42.8 Å². The smallest absolute Gasteiger partial charge is 0.00182 e. The first-order valence-corrected chi connectivity index (χ1v) is 6.75. The largest absolute Gasteiger partial charge is 0.316 e. The average Bonchev–Trinajstić information content (AvgIpc) is 2.28. The third-order valence-corrected chi connectivity index (χ3v) is 3.59. The Labute approximate surface area is 107 Å². The van der Waals surface area contributed by atoms with Crippen molar-refractivity contribution in [3.05, 3.63) is 35.9 Å². The molecule has 0 amide bonds. The van der Waals surface area contributed by atoms with E-state index in [9.17, 15) is 0 Å². The van der Waals surface area contributed by atoms with Crippen molar-refractivity contribution in [3.63, 3.8) is 0 Å². The molecule has 0 fully saturated rings. The zero-order chi connectivity index (χ0) is 12.7. The molecule has 1 aromatic carbocycles. The van der Waals surface area contributed by atoms with Crippen molar-refractivity contribution in [2.24, 2.45) is 11.3 Å². The monoisotopic (exact) mass is 233 g/mol. The topological polar surface area (TPSA) is 12.0 Å². The molecule has 0 bridgehead atoms. The molecule has 0 spiro atoms. The van der Waals surface area contributed by atoms with Crippen LogP contribution < -0.4 is 5.32 Å². The van der Waals surface area contributed by atoms with E-state index in [-0.39, 0.29) is 0 Å². The summed E-state index contributed by atoms with van der Waals surface area (Å²) in [6, 6.07) is 10.7. The second kappa shape index (κ2) is 6.80. The molecule has 1 rings (SSSR count). The van der Waals surface area contributed by atoms with Gasteiger partial charge < -0.3 is 5.32 Å². The second-order valence-electron chi connectivity index (χ2n) is 6.06. The van der Waals surface area contributed by atoms with Crippen molar-refractivity contribution in [3.8, 4) is 0 Å². The summed E-state index contributed by atoms with van der Waals surface area (Å²) in [5, 5.41) is 3.56. The van der Waals surface area contributed by atoms with Crippen LogP contribution in [0, 0.1) is 11.3 Å². The van der Waals surface area contributed by atoms with Gasteiger partial charge in [0.15, 0.2) is 0 Å². The fourth-order valence-corrected chi connectivity index (χ4v) is 1.69. The maximum Gasteiger partial charge on any atom is -0.00182 e. The minimum absolute atomic E-state index is 0.409. The Morgan fingerprint density at radius 2 is 1.76 bits per heavy atom. The van der Waals surface area contributed by atoms with Crippen LogP contribution in [0.3, 0.4) is 0 Å². The molecule has 1 N–H and O–H groups in total. The van der Waals surface area contributed by atoms with Gasteiger partial charge in [-0.15, -0.1) is 0 Å². The van der Waals surface area contributed by atoms with Crippen molar-refractivity contribution >= 4 is 0 Å². The highest BCUT2D eigenvalue weighted by Gasteiger charge is 2.18. The van der Waals surface area contributed by atoms with Gasteiger partial charge in [0.25, 0.3) is 0 Å². The van der Waals surface area contributed by atoms with E-state index < -0.39 is 0 Å². The lowest BCUT2D eigenvalue weighted by atomic mass is 9.82. The van der Waals surface area contributed by atoms with E-state index in [0.29, 0.717) is 5.41 Å². The highest BCUT2D eigenvalue weighted by atomic mass is 14.9. The van der Waals surface area contributed by atoms with Gasteiger partial charge in [-0.3, -0.25) is 0 Å². The van der Waals surface area contributed by atoms with Crippen LogP contribution in [0.5, 0.6) is 0 Å². The Morgan fingerprint density at radius 3 is 2.35 bits per heavy atom. The fraction of sp³-hybridized carbons (Fsp3) is 0.625. The molecule has 0 aromatic heterocycles. The SMILES string of the molecule is CC(CNCCCc1ccccc1)C(C)(C)C. The molecular weight excluding hydrogens is 206 g/mol. The predicted molar refractivity (Wildman–Crippen MR) is 76.3 cm³/mol. The van der Waals surface area contributed by atoms with Gasteiger partial charge in [0.2, 0.25) is 0 Å². The van der Waals surface area contributed by atoms with Crippen molar-refractivity contribution in [2.45, 2.75) is 40.5 Å². The molecule has 1 nitrogen and oxygen atoms in total. The molecule has 0 radical (unpaired) electrons. The maximum absolute atomic E-state index is 3.56. The molecule has 0 saturated carbocycles. The number of benzene rings is 1. The summed E-state index contributed by atoms with van der Waals surface area (Å²) >= 11 is 0. The van der Waals surface area contributed by atoms with Gasteiger partial charge in [-0.2, -0.15) is 0 Å². The summed E-state index contributed by atoms with van der Waals surface area (Å²) in [6.07, 6.45) is 2.40. The summed E-state index contributed by atoms with van der Waals surface area (Å²) < 4.78 is 0. The van der Waals surface area contributed by atoms with Crippen molar-refractivity contribution in [2.75, 3.05) is 13.1 Å². The highest BCUT2D eigenvalue weighted by molar-refractivity contribution is 5.14. The lowest BCUT2D eigenvalue weighted by molar-refractivity contribution is 0.253. The van der Waals surface area contributed by atoms with E-state index in [2.05, 4.69) is 63.3 Å². The van der Waals surface area contributed by atoms with Crippen LogP contribution in [0.25, 0.3) is 0 Å². The summed E-state index contributed by atoms with van der Waals surface area (Å²) in [4.78, 5) is 0. The van der Waals surface area contributed by atoms with Crippen LogP contribution >= 0.6 is 0 Å². The third kappa shape index (κ3) is 5.88. The Kier molecular flexibility index (Phi) is 5.70. The first-order chi connectivity index (χ1) is 8.00. The van der Waals surface area contributed by atoms with E-state index >= 15 is 0 Å². The summed E-state index contributed by atoms with van der Waals surface area (Å²) in [7, 11) is 0. The maximum atomic E-state index is 3.56. The molecule has 0 saturated heterocycles. The van der Waals surface area contributed by atoms with E-state index in [0.717, 1.165) is 19.0 Å². The third-order valence-electron chi connectivity index (χ3n) is 3.59. The quantitative estimate of drug-likeness (QED) is 0.735. The van der Waals surface area contributed by atoms with Crippen molar-refractivity contribution in [1.82, 2.24) is 5.32 Å². The van der Waals surface area contributed by atoms with Gasteiger partial charge in [-0.25, -0.2) is 0 Å². The number of aryl methyl sites for hydroxylation is 1. The van der Waals surface area contributed by atoms with E-state index in [4.69, 9.17) is 0 Å². The van der Waals surface area contributed by atoms with Gasteiger partial charge in [0, 0.05) is 0 Å². The molecule has 96 valence electrons. The average molecular weight is 233 g/mol. The van der Waals surface area contributed by atoms with Gasteiger partial charge in [0.1, 0.15) is 0 Å². The second-order valence-corrected chi connectivity index (χ2v) is 6.06. The Hall–Kier alpha value is -0.820. The van der Waals surface area contributed by atoms with Crippen molar-refractivity contribution in [1.29, 1.82) is 0 Å². The van der Waals surface area contributed by atoms with E-state index in [1.54, 1.807) is 0 Å². The fourth-order valence-electron chi connectivity index (χ4n) is 1.69. The van der Waals surface area contributed by atoms with E-state index in [1.807, 2.05) is 0 Å². The molecule has 17 heavy (non-hydrogen) atoms. The molecule has 0 aliphatic heterocycles. The lowest BCUT2D eigenvalue weighted by Gasteiger charge is -2.27. The van der Waals surface area contributed by atoms with Gasteiger partial charge in [-0.1, -0.05) is 58.0 Å². The molecule has 1 unspecified atom stereocenters. The summed E-state index contributed by atoms with van der Waals surface area (Å²) in [5.74, 6) is 0.722. The Bertz CT molecular complexity index is 297. The van der Waals surface area contributed by atoms with Crippen LogP contribution in [-0.4, -0.2) is 13.1 Å². The normalized spacial score (nSPS) is 13.6. The molecule has 1 aromatic rings. The zero-order valence-electron chi connectivity index (χ0n) is 11.8. The molecule has 1 atom stereocenters. The summed E-state index contributed by atoms with van der Waals surface area (Å²) in [6.45, 7) is 11.5. The van der Waals surface area contributed by atoms with Crippen LogP contribution in [0.1, 0.15) is 39.7 Å². The number of rotatable bonds is 6. The number of hydrogen-bond acceptors (Lipinski definition) is 1. The van der Waals surface area contributed by atoms with Crippen molar-refractivity contribution < 1.29 is 0 Å². The zero-order valence-corrected chi connectivity index (χ0v) is 11.8. The number of nitrogens with one attached hydrogen (secondary N) is 1. The molecular formula is C16H27N. The van der Waals surface area contributed by atoms with E-state index in [1.165, 1.54) is 18.4 Å². The highest BCUT2D eigenvalue weighted by Crippen LogP contribution is 2.24. The first kappa shape index (κ1) is 14.2. The predicted octanol–water partition coefficient (Wildman–Crippen LogP) is 3.89. The molecule has 1 heteroatoms. The van der Waals surface area contributed by atoms with Crippen LogP contribution in [-0.2, 0) is 6.42 Å². The van der Waals surface area contributed by atoms with Crippen LogP contribution in [0.2, 0.25) is 0 Å². The van der Waals surface area contributed by atoms with Gasteiger partial charge in [0.05, 0.1) is 0 Å².